The van der Waals surface area contributed by atoms with Gasteiger partial charge in [0.25, 0.3) is 0 Å². The van der Waals surface area contributed by atoms with Gasteiger partial charge in [-0.05, 0) is 45.0 Å². The van der Waals surface area contributed by atoms with Crippen molar-refractivity contribution in [1.29, 1.82) is 5.26 Å². The normalized spacial score (nSPS) is 12.0. The van der Waals surface area contributed by atoms with E-state index in [1.54, 1.807) is 37.5 Å². The number of benzene rings is 1. The highest BCUT2D eigenvalue weighted by Crippen LogP contribution is 2.25. The first-order chi connectivity index (χ1) is 9.86. The van der Waals surface area contributed by atoms with Crippen LogP contribution in [0.1, 0.15) is 34.2 Å². The van der Waals surface area contributed by atoms with Crippen LogP contribution in [0.4, 0.5) is 4.39 Å². The predicted molar refractivity (Wildman–Crippen MR) is 79.6 cm³/mol. The first-order valence-corrected chi connectivity index (χ1v) is 6.87. The lowest BCUT2D eigenvalue weighted by atomic mass is 10.1. The molecule has 0 radical (unpaired) electrons. The third-order valence-corrected chi connectivity index (χ3v) is 3.57. The molecule has 108 valence electrons. The van der Waals surface area contributed by atoms with E-state index in [1.807, 2.05) is 6.07 Å². The van der Waals surface area contributed by atoms with Crippen molar-refractivity contribution < 1.29 is 9.18 Å². The quantitative estimate of drug-likeness (QED) is 0.637. The molecule has 0 aliphatic heterocycles. The Kier molecular flexibility index (Phi) is 4.15. The fraction of sp³-hybridized carbons (Fsp3) is 0.250. The maximum Gasteiger partial charge on any atom is 0.182 e. The number of Topliss-reactive ketones (excluding diaryl/α,β-unsaturated/α-hetero) is 1. The molecule has 0 saturated heterocycles. The standard InChI is InChI=1S/C16H14ClFN2O/c1-9-6-13(16(21)10(2)17)11(3)20(9)15-5-4-12(8-19)7-14(15)18/h4-7,10H,1-3H3. The van der Waals surface area contributed by atoms with Crippen molar-refractivity contribution in [3.8, 4) is 11.8 Å². The molecule has 3 nitrogen and oxygen atoms in total. The molecule has 1 aromatic carbocycles. The van der Waals surface area contributed by atoms with E-state index in [0.717, 1.165) is 5.69 Å². The van der Waals surface area contributed by atoms with E-state index in [1.165, 1.54) is 12.1 Å². The molecule has 1 atom stereocenters. The number of halogens is 2. The number of ketones is 1. The molecule has 0 spiro atoms. The van der Waals surface area contributed by atoms with Crippen LogP contribution in [-0.4, -0.2) is 15.7 Å². The van der Waals surface area contributed by atoms with Crippen molar-refractivity contribution >= 4 is 17.4 Å². The number of hydrogen-bond acceptors (Lipinski definition) is 2. The zero-order valence-corrected chi connectivity index (χ0v) is 12.7. The summed E-state index contributed by atoms with van der Waals surface area (Å²) in [7, 11) is 0. The Bertz CT molecular complexity index is 756. The van der Waals surface area contributed by atoms with Gasteiger partial charge >= 0.3 is 0 Å². The van der Waals surface area contributed by atoms with Crippen LogP contribution in [0, 0.1) is 31.0 Å². The van der Waals surface area contributed by atoms with Crippen molar-refractivity contribution in [1.82, 2.24) is 4.57 Å². The van der Waals surface area contributed by atoms with Crippen LogP contribution in [0.5, 0.6) is 0 Å². The van der Waals surface area contributed by atoms with E-state index in [4.69, 9.17) is 16.9 Å². The van der Waals surface area contributed by atoms with Crippen molar-refractivity contribution in [3.05, 3.63) is 52.6 Å². The summed E-state index contributed by atoms with van der Waals surface area (Å²) >= 11 is 5.84. The number of hydrogen-bond donors (Lipinski definition) is 0. The fourth-order valence-corrected chi connectivity index (χ4v) is 2.47. The van der Waals surface area contributed by atoms with Crippen LogP contribution in [0.3, 0.4) is 0 Å². The molecule has 0 amide bonds. The van der Waals surface area contributed by atoms with Gasteiger partial charge in [-0.25, -0.2) is 4.39 Å². The summed E-state index contributed by atoms with van der Waals surface area (Å²) in [4.78, 5) is 12.1. The van der Waals surface area contributed by atoms with Gasteiger partial charge < -0.3 is 4.57 Å². The van der Waals surface area contributed by atoms with Crippen LogP contribution in [0.25, 0.3) is 5.69 Å². The summed E-state index contributed by atoms with van der Waals surface area (Å²) in [6.07, 6.45) is 0. The molecule has 0 aliphatic rings. The molecular weight excluding hydrogens is 291 g/mol. The van der Waals surface area contributed by atoms with Crippen molar-refractivity contribution in [3.63, 3.8) is 0 Å². The number of carbonyl (C=O) groups is 1. The number of aryl methyl sites for hydroxylation is 1. The highest BCUT2D eigenvalue weighted by atomic mass is 35.5. The van der Waals surface area contributed by atoms with E-state index in [0.29, 0.717) is 16.9 Å². The smallest absolute Gasteiger partial charge is 0.182 e. The molecule has 1 aromatic heterocycles. The van der Waals surface area contributed by atoms with Crippen molar-refractivity contribution in [2.45, 2.75) is 26.1 Å². The van der Waals surface area contributed by atoms with Crippen LogP contribution < -0.4 is 0 Å². The summed E-state index contributed by atoms with van der Waals surface area (Å²) in [6, 6.07) is 7.85. The Labute approximate surface area is 127 Å². The molecule has 1 unspecified atom stereocenters. The van der Waals surface area contributed by atoms with E-state index in [9.17, 15) is 9.18 Å². The number of carbonyl (C=O) groups excluding carboxylic acids is 1. The average molecular weight is 305 g/mol. The molecule has 2 aromatic rings. The number of nitriles is 1. The van der Waals surface area contributed by atoms with Gasteiger partial charge in [0.15, 0.2) is 5.78 Å². The molecule has 0 bridgehead atoms. The maximum absolute atomic E-state index is 14.2. The SMILES string of the molecule is Cc1cc(C(=O)C(C)Cl)c(C)n1-c1ccc(C#N)cc1F. The first kappa shape index (κ1) is 15.3. The van der Waals surface area contributed by atoms with Crippen LogP contribution in [0.15, 0.2) is 24.3 Å². The van der Waals surface area contributed by atoms with Crippen LogP contribution in [-0.2, 0) is 0 Å². The van der Waals surface area contributed by atoms with E-state index < -0.39 is 11.2 Å². The van der Waals surface area contributed by atoms with E-state index in [2.05, 4.69) is 0 Å². The third kappa shape index (κ3) is 2.70. The zero-order valence-electron chi connectivity index (χ0n) is 11.9. The second kappa shape index (κ2) is 5.71. The average Bonchev–Trinajstić information content (AvgIpc) is 2.73. The van der Waals surface area contributed by atoms with Gasteiger partial charge in [0, 0.05) is 17.0 Å². The van der Waals surface area contributed by atoms with E-state index >= 15 is 0 Å². The minimum atomic E-state index is -0.634. The minimum Gasteiger partial charge on any atom is -0.315 e. The Balaban J connectivity index is 2.61. The molecule has 0 fully saturated rings. The van der Waals surface area contributed by atoms with Crippen LogP contribution >= 0.6 is 11.6 Å². The third-order valence-electron chi connectivity index (χ3n) is 3.38. The van der Waals surface area contributed by atoms with Crippen molar-refractivity contribution in [2.24, 2.45) is 0 Å². The summed E-state index contributed by atoms with van der Waals surface area (Å²) in [5.41, 5.74) is 2.42. The second-order valence-electron chi connectivity index (χ2n) is 4.88. The van der Waals surface area contributed by atoms with E-state index in [-0.39, 0.29) is 11.3 Å². The number of rotatable bonds is 3. The number of aromatic nitrogens is 1. The van der Waals surface area contributed by atoms with Gasteiger partial charge in [-0.2, -0.15) is 5.26 Å². The molecule has 21 heavy (non-hydrogen) atoms. The summed E-state index contributed by atoms with van der Waals surface area (Å²) in [5, 5.41) is 8.15. The topological polar surface area (TPSA) is 45.8 Å². The number of alkyl halides is 1. The number of nitrogens with zero attached hydrogens (tertiary/aromatic N) is 2. The fourth-order valence-electron chi connectivity index (χ4n) is 2.36. The Morgan fingerprint density at radius 2 is 2.05 bits per heavy atom. The highest BCUT2D eigenvalue weighted by Gasteiger charge is 2.21. The van der Waals surface area contributed by atoms with Gasteiger partial charge in [0.1, 0.15) is 5.82 Å². The zero-order chi connectivity index (χ0) is 15.7. The Morgan fingerprint density at radius 3 is 2.57 bits per heavy atom. The summed E-state index contributed by atoms with van der Waals surface area (Å²) in [5.74, 6) is -0.696. The summed E-state index contributed by atoms with van der Waals surface area (Å²) < 4.78 is 15.8. The molecular formula is C16H14ClFN2O. The Hall–Kier alpha value is -2.12. The molecule has 0 saturated carbocycles. The molecule has 0 aliphatic carbocycles. The largest absolute Gasteiger partial charge is 0.315 e. The monoisotopic (exact) mass is 304 g/mol. The van der Waals surface area contributed by atoms with Gasteiger partial charge in [0.2, 0.25) is 0 Å². The maximum atomic E-state index is 14.2. The molecule has 1 heterocycles. The van der Waals surface area contributed by atoms with Gasteiger partial charge in [-0.3, -0.25) is 4.79 Å². The molecule has 2 rings (SSSR count). The molecule has 5 heteroatoms. The first-order valence-electron chi connectivity index (χ1n) is 6.44. The Morgan fingerprint density at radius 1 is 1.38 bits per heavy atom. The van der Waals surface area contributed by atoms with Gasteiger partial charge in [-0.1, -0.05) is 0 Å². The lowest BCUT2D eigenvalue weighted by Gasteiger charge is -2.11. The minimum absolute atomic E-state index is 0.190. The molecule has 0 N–H and O–H groups in total. The van der Waals surface area contributed by atoms with Crippen LogP contribution in [0.2, 0.25) is 0 Å². The predicted octanol–water partition coefficient (Wildman–Crippen LogP) is 3.91. The summed E-state index contributed by atoms with van der Waals surface area (Å²) in [6.45, 7) is 5.15. The van der Waals surface area contributed by atoms with Crippen molar-refractivity contribution in [2.75, 3.05) is 0 Å². The van der Waals surface area contributed by atoms with Gasteiger partial charge in [0.05, 0.1) is 22.7 Å². The lowest BCUT2D eigenvalue weighted by molar-refractivity contribution is 0.0991. The lowest BCUT2D eigenvalue weighted by Crippen LogP contribution is -2.12. The second-order valence-corrected chi connectivity index (χ2v) is 5.53. The highest BCUT2D eigenvalue weighted by molar-refractivity contribution is 6.33. The van der Waals surface area contributed by atoms with Gasteiger partial charge in [-0.15, -0.1) is 11.6 Å².